The topological polar surface area (TPSA) is 39.1 Å². The smallest absolute Gasteiger partial charge is 0.161 e. The zero-order valence-electron chi connectivity index (χ0n) is 12.1. The Kier molecular flexibility index (Phi) is 5.04. The molecule has 1 aromatic carbocycles. The maximum Gasteiger partial charge on any atom is 0.161 e. The van der Waals surface area contributed by atoms with Crippen LogP contribution in [0.2, 0.25) is 5.02 Å². The van der Waals surface area contributed by atoms with E-state index in [1.165, 1.54) is 5.56 Å². The molecule has 5 heteroatoms. The third kappa shape index (κ3) is 3.14. The molecule has 2 rings (SSSR count). The molecule has 0 saturated heterocycles. The second kappa shape index (κ2) is 6.77. The lowest BCUT2D eigenvalue weighted by atomic mass is 10.0. The van der Waals surface area contributed by atoms with Gasteiger partial charge in [-0.15, -0.1) is 0 Å². The number of nitrogens with one attached hydrogen (secondary N) is 1. The van der Waals surface area contributed by atoms with Gasteiger partial charge in [0.25, 0.3) is 0 Å². The van der Waals surface area contributed by atoms with Crippen LogP contribution in [0.25, 0.3) is 0 Å². The highest BCUT2D eigenvalue weighted by Gasteiger charge is 2.20. The second-order valence-electron chi connectivity index (χ2n) is 4.59. The first kappa shape index (κ1) is 14.9. The fraction of sp³-hybridized carbons (Fsp3) is 0.400. The molecular weight excluding hydrogens is 274 g/mol. The van der Waals surface area contributed by atoms with Crippen molar-refractivity contribution in [3.8, 4) is 5.75 Å². The summed E-state index contributed by atoms with van der Waals surface area (Å²) in [4.78, 5) is 0. The molecule has 4 nitrogen and oxygen atoms in total. The summed E-state index contributed by atoms with van der Waals surface area (Å²) in [6, 6.07) is 8.07. The van der Waals surface area contributed by atoms with Crippen LogP contribution in [0.1, 0.15) is 24.2 Å². The van der Waals surface area contributed by atoms with Crippen molar-refractivity contribution in [2.45, 2.75) is 25.9 Å². The number of rotatable bonds is 6. The number of likely N-dealkylation sites (N-methyl/N-ethyl adjacent to an activating group) is 1. The molecule has 0 saturated carbocycles. The Labute approximate surface area is 124 Å². The number of ether oxygens (including phenoxy) is 1. The van der Waals surface area contributed by atoms with Crippen molar-refractivity contribution in [2.75, 3.05) is 14.2 Å². The van der Waals surface area contributed by atoms with Gasteiger partial charge in [-0.25, -0.2) is 0 Å². The van der Waals surface area contributed by atoms with Crippen LogP contribution in [0.3, 0.4) is 0 Å². The Morgan fingerprint density at radius 2 is 2.05 bits per heavy atom. The molecular formula is C15H20ClN3O. The van der Waals surface area contributed by atoms with Crippen LogP contribution in [0.15, 0.2) is 30.5 Å². The zero-order valence-corrected chi connectivity index (χ0v) is 12.8. The molecule has 108 valence electrons. The lowest BCUT2D eigenvalue weighted by Crippen LogP contribution is -2.23. The van der Waals surface area contributed by atoms with Crippen LogP contribution in [0.4, 0.5) is 0 Å². The van der Waals surface area contributed by atoms with E-state index in [0.717, 1.165) is 29.4 Å². The summed E-state index contributed by atoms with van der Waals surface area (Å²) in [6.07, 6.45) is 2.63. The molecule has 1 atom stereocenters. The summed E-state index contributed by atoms with van der Waals surface area (Å²) >= 11 is 5.93. The van der Waals surface area contributed by atoms with Crippen molar-refractivity contribution in [1.29, 1.82) is 0 Å². The van der Waals surface area contributed by atoms with E-state index >= 15 is 0 Å². The highest BCUT2D eigenvalue weighted by atomic mass is 35.5. The summed E-state index contributed by atoms with van der Waals surface area (Å²) in [7, 11) is 3.63. The molecule has 0 fully saturated rings. The SMILES string of the molecule is CCn1ncc(OC)c1C(Cc1ccc(Cl)cc1)NC. The molecule has 1 unspecified atom stereocenters. The van der Waals surface area contributed by atoms with Gasteiger partial charge in [0.1, 0.15) is 0 Å². The number of benzene rings is 1. The molecule has 20 heavy (non-hydrogen) atoms. The lowest BCUT2D eigenvalue weighted by Gasteiger charge is -2.19. The van der Waals surface area contributed by atoms with Crippen molar-refractivity contribution < 1.29 is 4.74 Å². The van der Waals surface area contributed by atoms with Crippen LogP contribution >= 0.6 is 11.6 Å². The van der Waals surface area contributed by atoms with E-state index < -0.39 is 0 Å². The van der Waals surface area contributed by atoms with E-state index in [2.05, 4.69) is 17.3 Å². The Bertz CT molecular complexity index is 529. The highest BCUT2D eigenvalue weighted by molar-refractivity contribution is 6.30. The Morgan fingerprint density at radius 3 is 2.60 bits per heavy atom. The van der Waals surface area contributed by atoms with Crippen LogP contribution < -0.4 is 10.1 Å². The van der Waals surface area contributed by atoms with Crippen LogP contribution in [-0.4, -0.2) is 23.9 Å². The second-order valence-corrected chi connectivity index (χ2v) is 5.02. The number of hydrogen-bond acceptors (Lipinski definition) is 3. The molecule has 1 N–H and O–H groups in total. The van der Waals surface area contributed by atoms with Gasteiger partial charge >= 0.3 is 0 Å². The monoisotopic (exact) mass is 293 g/mol. The van der Waals surface area contributed by atoms with Gasteiger partial charge in [-0.2, -0.15) is 5.10 Å². The average molecular weight is 294 g/mol. The van der Waals surface area contributed by atoms with E-state index in [-0.39, 0.29) is 6.04 Å². The Morgan fingerprint density at radius 1 is 1.35 bits per heavy atom. The predicted molar refractivity (Wildman–Crippen MR) is 81.4 cm³/mol. The fourth-order valence-electron chi connectivity index (χ4n) is 2.33. The van der Waals surface area contributed by atoms with Gasteiger partial charge in [0.05, 0.1) is 25.0 Å². The average Bonchev–Trinajstić information content (AvgIpc) is 2.89. The molecule has 0 aliphatic carbocycles. The normalized spacial score (nSPS) is 12.4. The summed E-state index contributed by atoms with van der Waals surface area (Å²) in [6.45, 7) is 2.89. The molecule has 1 heterocycles. The number of aromatic nitrogens is 2. The van der Waals surface area contributed by atoms with Gasteiger partial charge in [0, 0.05) is 11.6 Å². The summed E-state index contributed by atoms with van der Waals surface area (Å²) in [5.41, 5.74) is 2.30. The molecule has 2 aromatic rings. The number of halogens is 1. The van der Waals surface area contributed by atoms with E-state index in [0.29, 0.717) is 0 Å². The first-order valence-corrected chi connectivity index (χ1v) is 7.08. The largest absolute Gasteiger partial charge is 0.493 e. The highest BCUT2D eigenvalue weighted by Crippen LogP contribution is 2.27. The maximum absolute atomic E-state index is 5.93. The standard InChI is InChI=1S/C15H20ClN3O/c1-4-19-15(14(20-3)10-18-19)13(17-2)9-11-5-7-12(16)8-6-11/h5-8,10,13,17H,4,9H2,1-3H3. The first-order chi connectivity index (χ1) is 9.69. The van der Waals surface area contributed by atoms with Crippen molar-refractivity contribution in [2.24, 2.45) is 0 Å². The summed E-state index contributed by atoms with van der Waals surface area (Å²) in [5.74, 6) is 0.820. The number of aryl methyl sites for hydroxylation is 1. The molecule has 0 amide bonds. The zero-order chi connectivity index (χ0) is 14.5. The molecule has 0 bridgehead atoms. The summed E-state index contributed by atoms with van der Waals surface area (Å²) < 4.78 is 7.39. The van der Waals surface area contributed by atoms with Crippen molar-refractivity contribution in [3.63, 3.8) is 0 Å². The molecule has 0 spiro atoms. The summed E-state index contributed by atoms with van der Waals surface area (Å²) in [5, 5.41) is 8.46. The van der Waals surface area contributed by atoms with Gasteiger partial charge in [-0.1, -0.05) is 23.7 Å². The van der Waals surface area contributed by atoms with Gasteiger partial charge < -0.3 is 10.1 Å². The number of nitrogens with zero attached hydrogens (tertiary/aromatic N) is 2. The minimum Gasteiger partial charge on any atom is -0.493 e. The minimum absolute atomic E-state index is 0.147. The van der Waals surface area contributed by atoms with Crippen LogP contribution in [0, 0.1) is 0 Å². The van der Waals surface area contributed by atoms with Crippen molar-refractivity contribution >= 4 is 11.6 Å². The van der Waals surface area contributed by atoms with Gasteiger partial charge in [0.2, 0.25) is 0 Å². The minimum atomic E-state index is 0.147. The fourth-order valence-corrected chi connectivity index (χ4v) is 2.46. The third-order valence-electron chi connectivity index (χ3n) is 3.40. The van der Waals surface area contributed by atoms with E-state index in [1.807, 2.05) is 36.0 Å². The van der Waals surface area contributed by atoms with Crippen LogP contribution in [0.5, 0.6) is 5.75 Å². The van der Waals surface area contributed by atoms with Gasteiger partial charge in [0.15, 0.2) is 5.75 Å². The van der Waals surface area contributed by atoms with Crippen LogP contribution in [-0.2, 0) is 13.0 Å². The van der Waals surface area contributed by atoms with Gasteiger partial charge in [-0.3, -0.25) is 4.68 Å². The van der Waals surface area contributed by atoms with Crippen molar-refractivity contribution in [3.05, 3.63) is 46.7 Å². The maximum atomic E-state index is 5.93. The molecule has 0 aliphatic rings. The molecule has 0 aliphatic heterocycles. The molecule has 1 aromatic heterocycles. The Hall–Kier alpha value is -1.52. The molecule has 0 radical (unpaired) electrons. The van der Waals surface area contributed by atoms with E-state index in [1.54, 1.807) is 13.3 Å². The van der Waals surface area contributed by atoms with Crippen molar-refractivity contribution in [1.82, 2.24) is 15.1 Å². The van der Waals surface area contributed by atoms with E-state index in [4.69, 9.17) is 16.3 Å². The quantitative estimate of drug-likeness (QED) is 0.890. The van der Waals surface area contributed by atoms with E-state index in [9.17, 15) is 0 Å². The first-order valence-electron chi connectivity index (χ1n) is 6.71. The lowest BCUT2D eigenvalue weighted by molar-refractivity contribution is 0.394. The Balaban J connectivity index is 2.27. The number of methoxy groups -OCH3 is 1. The number of hydrogen-bond donors (Lipinski definition) is 1. The predicted octanol–water partition coefficient (Wildman–Crippen LogP) is 3.07. The van der Waals surface area contributed by atoms with Gasteiger partial charge in [-0.05, 0) is 38.1 Å². The third-order valence-corrected chi connectivity index (χ3v) is 3.65.